The zero-order valence-electron chi connectivity index (χ0n) is 15.4. The number of phenols is 1. The number of carbonyl (C=O) groups excluding carboxylic acids is 2. The van der Waals surface area contributed by atoms with E-state index in [0.29, 0.717) is 22.2 Å². The van der Waals surface area contributed by atoms with E-state index in [1.54, 1.807) is 6.92 Å². The molecule has 29 heavy (non-hydrogen) atoms. The third kappa shape index (κ3) is 4.02. The molecule has 9 heteroatoms. The van der Waals surface area contributed by atoms with Crippen LogP contribution in [-0.4, -0.2) is 35.3 Å². The SMILES string of the molecule is COC(=O)Cc1c(C)n(C(=O)c2ccc(OC(F)F)cc2)c2cc(Cl)c(O)cc12. The van der Waals surface area contributed by atoms with Crippen molar-refractivity contribution in [1.29, 1.82) is 0 Å². The molecule has 3 aromatic rings. The van der Waals surface area contributed by atoms with Crippen molar-refractivity contribution in [2.24, 2.45) is 0 Å². The number of nitrogens with zero attached hydrogens (tertiary/aromatic N) is 1. The highest BCUT2D eigenvalue weighted by Gasteiger charge is 2.23. The first-order chi connectivity index (χ1) is 13.7. The Kier molecular flexibility index (Phi) is 5.74. The minimum absolute atomic E-state index is 0.0364. The van der Waals surface area contributed by atoms with E-state index in [2.05, 4.69) is 4.74 Å². The summed E-state index contributed by atoms with van der Waals surface area (Å²) in [6, 6.07) is 8.03. The Hall–Kier alpha value is -3.13. The van der Waals surface area contributed by atoms with Crippen molar-refractivity contribution in [2.45, 2.75) is 20.0 Å². The molecule has 0 radical (unpaired) electrons. The number of hydrogen-bond acceptors (Lipinski definition) is 5. The van der Waals surface area contributed by atoms with Crippen LogP contribution in [0.4, 0.5) is 8.78 Å². The molecule has 3 rings (SSSR count). The average Bonchev–Trinajstić information content (AvgIpc) is 2.92. The predicted octanol–water partition coefficient (Wildman–Crippen LogP) is 4.31. The van der Waals surface area contributed by atoms with E-state index in [-0.39, 0.29) is 28.5 Å². The summed E-state index contributed by atoms with van der Waals surface area (Å²) < 4.78 is 35.0. The molecule has 6 nitrogen and oxygen atoms in total. The van der Waals surface area contributed by atoms with Gasteiger partial charge in [-0.05, 0) is 48.9 Å². The third-order valence-corrected chi connectivity index (χ3v) is 4.78. The highest BCUT2D eigenvalue weighted by atomic mass is 35.5. The van der Waals surface area contributed by atoms with Gasteiger partial charge in [-0.25, -0.2) is 0 Å². The number of benzene rings is 2. The number of esters is 1. The van der Waals surface area contributed by atoms with Gasteiger partial charge in [0.25, 0.3) is 5.91 Å². The minimum Gasteiger partial charge on any atom is -0.506 e. The molecule has 1 N–H and O–H groups in total. The number of aromatic hydroxyl groups is 1. The van der Waals surface area contributed by atoms with E-state index < -0.39 is 18.5 Å². The molecule has 0 aliphatic rings. The molecule has 0 unspecified atom stereocenters. The molecule has 2 aromatic carbocycles. The van der Waals surface area contributed by atoms with E-state index in [1.165, 1.54) is 48.1 Å². The van der Waals surface area contributed by atoms with Crippen molar-refractivity contribution in [2.75, 3.05) is 7.11 Å². The molecule has 0 bridgehead atoms. The molecule has 0 spiro atoms. The number of hydrogen-bond donors (Lipinski definition) is 1. The molecule has 0 fully saturated rings. The zero-order valence-corrected chi connectivity index (χ0v) is 16.2. The fourth-order valence-corrected chi connectivity index (χ4v) is 3.26. The zero-order chi connectivity index (χ0) is 21.3. The summed E-state index contributed by atoms with van der Waals surface area (Å²) in [5, 5.41) is 10.5. The lowest BCUT2D eigenvalue weighted by Gasteiger charge is -2.09. The normalized spacial score (nSPS) is 11.1. The first kappa shape index (κ1) is 20.6. The molecular formula is C20H16ClF2NO5. The summed E-state index contributed by atoms with van der Waals surface area (Å²) in [5.41, 5.74) is 1.57. The second kappa shape index (κ2) is 8.08. The number of alkyl halides is 2. The smallest absolute Gasteiger partial charge is 0.387 e. The van der Waals surface area contributed by atoms with Crippen LogP contribution in [0.3, 0.4) is 0 Å². The molecule has 0 amide bonds. The van der Waals surface area contributed by atoms with Gasteiger partial charge in [0, 0.05) is 16.6 Å². The molecule has 0 saturated heterocycles. The first-order valence-corrected chi connectivity index (χ1v) is 8.79. The van der Waals surface area contributed by atoms with Crippen LogP contribution in [-0.2, 0) is 16.0 Å². The van der Waals surface area contributed by atoms with Gasteiger partial charge in [-0.1, -0.05) is 11.6 Å². The van der Waals surface area contributed by atoms with Gasteiger partial charge in [0.05, 0.1) is 24.1 Å². The first-order valence-electron chi connectivity index (χ1n) is 8.41. The van der Waals surface area contributed by atoms with E-state index >= 15 is 0 Å². The van der Waals surface area contributed by atoms with Gasteiger partial charge >= 0.3 is 12.6 Å². The maximum absolute atomic E-state index is 13.1. The fourth-order valence-electron chi connectivity index (χ4n) is 3.10. The fraction of sp³-hybridized carbons (Fsp3) is 0.200. The molecule has 1 heterocycles. The Labute approximate surface area is 169 Å². The Bertz CT molecular complexity index is 1090. The minimum atomic E-state index is -2.97. The number of carbonyl (C=O) groups is 2. The molecule has 1 aromatic heterocycles. The third-order valence-electron chi connectivity index (χ3n) is 4.48. The van der Waals surface area contributed by atoms with Gasteiger partial charge in [-0.3, -0.25) is 14.2 Å². The van der Waals surface area contributed by atoms with Gasteiger partial charge in [0.1, 0.15) is 11.5 Å². The van der Waals surface area contributed by atoms with Crippen LogP contribution in [0.5, 0.6) is 11.5 Å². The number of ether oxygens (including phenoxy) is 2. The van der Waals surface area contributed by atoms with Gasteiger partial charge in [-0.15, -0.1) is 0 Å². The highest BCUT2D eigenvalue weighted by molar-refractivity contribution is 6.33. The summed E-state index contributed by atoms with van der Waals surface area (Å²) in [5.74, 6) is -1.25. The monoisotopic (exact) mass is 423 g/mol. The van der Waals surface area contributed by atoms with Gasteiger partial charge in [0.15, 0.2) is 0 Å². The van der Waals surface area contributed by atoms with E-state index in [4.69, 9.17) is 16.3 Å². The number of halogens is 3. The summed E-state index contributed by atoms with van der Waals surface area (Å²) in [6.45, 7) is -1.32. The van der Waals surface area contributed by atoms with Gasteiger partial charge < -0.3 is 14.6 Å². The van der Waals surface area contributed by atoms with Crippen LogP contribution in [0.25, 0.3) is 10.9 Å². The van der Waals surface area contributed by atoms with E-state index in [9.17, 15) is 23.5 Å². The lowest BCUT2D eigenvalue weighted by atomic mass is 10.1. The Morgan fingerprint density at radius 2 is 1.86 bits per heavy atom. The van der Waals surface area contributed by atoms with Crippen molar-refractivity contribution < 1.29 is 33.0 Å². The summed E-state index contributed by atoms with van der Waals surface area (Å²) in [6.07, 6.45) is -0.110. The van der Waals surface area contributed by atoms with E-state index in [1.807, 2.05) is 0 Å². The summed E-state index contributed by atoms with van der Waals surface area (Å²) in [7, 11) is 1.25. The van der Waals surface area contributed by atoms with Crippen molar-refractivity contribution in [3.63, 3.8) is 0 Å². The van der Waals surface area contributed by atoms with Crippen molar-refractivity contribution in [1.82, 2.24) is 4.57 Å². The highest BCUT2D eigenvalue weighted by Crippen LogP contribution is 2.35. The number of aromatic nitrogens is 1. The molecule has 0 atom stereocenters. The second-order valence-corrected chi connectivity index (χ2v) is 6.59. The van der Waals surface area contributed by atoms with Crippen LogP contribution in [0.1, 0.15) is 21.6 Å². The second-order valence-electron chi connectivity index (χ2n) is 6.18. The summed E-state index contributed by atoms with van der Waals surface area (Å²) >= 11 is 6.02. The number of rotatable bonds is 5. The van der Waals surface area contributed by atoms with Crippen molar-refractivity contribution >= 4 is 34.4 Å². The Morgan fingerprint density at radius 1 is 1.21 bits per heavy atom. The lowest BCUT2D eigenvalue weighted by Crippen LogP contribution is -2.14. The van der Waals surface area contributed by atoms with Gasteiger partial charge in [0.2, 0.25) is 0 Å². The number of fused-ring (bicyclic) bond motifs is 1. The largest absolute Gasteiger partial charge is 0.506 e. The van der Waals surface area contributed by atoms with Crippen molar-refractivity contribution in [3.05, 3.63) is 58.2 Å². The maximum Gasteiger partial charge on any atom is 0.387 e. The van der Waals surface area contributed by atoms with Crippen LogP contribution < -0.4 is 4.74 Å². The van der Waals surface area contributed by atoms with Crippen LogP contribution in [0, 0.1) is 6.92 Å². The van der Waals surface area contributed by atoms with E-state index in [0.717, 1.165) is 0 Å². The quantitative estimate of drug-likeness (QED) is 0.618. The predicted molar refractivity (Wildman–Crippen MR) is 102 cm³/mol. The van der Waals surface area contributed by atoms with Crippen LogP contribution in [0.15, 0.2) is 36.4 Å². The molecular weight excluding hydrogens is 408 g/mol. The maximum atomic E-state index is 13.1. The van der Waals surface area contributed by atoms with Gasteiger partial charge in [-0.2, -0.15) is 8.78 Å². The van der Waals surface area contributed by atoms with Crippen LogP contribution >= 0.6 is 11.6 Å². The van der Waals surface area contributed by atoms with Crippen LogP contribution in [0.2, 0.25) is 5.02 Å². The molecule has 0 aliphatic carbocycles. The molecule has 0 saturated carbocycles. The molecule has 0 aliphatic heterocycles. The number of methoxy groups -OCH3 is 1. The van der Waals surface area contributed by atoms with Crippen molar-refractivity contribution in [3.8, 4) is 11.5 Å². The summed E-state index contributed by atoms with van der Waals surface area (Å²) in [4.78, 5) is 25.0. The average molecular weight is 424 g/mol. The Balaban J connectivity index is 2.12. The lowest BCUT2D eigenvalue weighted by molar-refractivity contribution is -0.139. The standard InChI is InChI=1S/C20H16ClF2NO5/c1-10-13(8-18(26)28-2)14-7-17(25)15(21)9-16(14)24(10)19(27)11-3-5-12(6-4-11)29-20(22)23/h3-7,9,20,25H,8H2,1-2H3. The number of phenolic OH excluding ortho intramolecular Hbond substituents is 1. The molecule has 152 valence electrons. The Morgan fingerprint density at radius 3 is 2.45 bits per heavy atom. The topological polar surface area (TPSA) is 77.8 Å².